The van der Waals surface area contributed by atoms with Gasteiger partial charge < -0.3 is 15.5 Å². The van der Waals surface area contributed by atoms with Crippen LogP contribution in [0, 0.1) is 12.5 Å². The van der Waals surface area contributed by atoms with E-state index in [1.807, 2.05) is 0 Å². The number of rotatable bonds is 6. The van der Waals surface area contributed by atoms with E-state index in [1.54, 1.807) is 26.1 Å². The number of hydrogen-bond acceptors (Lipinski definition) is 5. The van der Waals surface area contributed by atoms with Crippen LogP contribution in [0.4, 0.5) is 13.2 Å². The van der Waals surface area contributed by atoms with E-state index in [0.717, 1.165) is 11.8 Å². The van der Waals surface area contributed by atoms with E-state index in [0.29, 0.717) is 5.84 Å². The predicted molar refractivity (Wildman–Crippen MR) is 110 cm³/mol. The van der Waals surface area contributed by atoms with Gasteiger partial charge in [0.05, 0.1) is 13.0 Å². The van der Waals surface area contributed by atoms with Gasteiger partial charge in [-0.1, -0.05) is 13.8 Å². The maximum Gasteiger partial charge on any atom is 0.471 e. The number of alkyl halides is 3. The summed E-state index contributed by atoms with van der Waals surface area (Å²) < 4.78 is 37.7. The molecule has 0 bridgehead atoms. The van der Waals surface area contributed by atoms with Crippen molar-refractivity contribution < 1.29 is 32.3 Å². The molecule has 33 heavy (non-hydrogen) atoms. The van der Waals surface area contributed by atoms with E-state index in [2.05, 4.69) is 15.2 Å². The van der Waals surface area contributed by atoms with Gasteiger partial charge in [0.2, 0.25) is 5.91 Å². The van der Waals surface area contributed by atoms with Gasteiger partial charge in [-0.25, -0.2) is 6.57 Å². The molecule has 182 valence electrons. The van der Waals surface area contributed by atoms with Gasteiger partial charge in [0.15, 0.2) is 5.54 Å². The van der Waals surface area contributed by atoms with Crippen LogP contribution in [0.25, 0.3) is 4.85 Å². The van der Waals surface area contributed by atoms with Gasteiger partial charge in [-0.2, -0.15) is 13.2 Å². The summed E-state index contributed by atoms with van der Waals surface area (Å²) in [5.74, 6) is -3.91. The molecule has 2 rings (SSSR count). The van der Waals surface area contributed by atoms with Crippen molar-refractivity contribution in [2.24, 2.45) is 10.9 Å². The first kappa shape index (κ1) is 26.1. The Bertz CT molecular complexity index is 912. The Hall–Kier alpha value is -3.17. The molecule has 1 fully saturated rings. The lowest BCUT2D eigenvalue weighted by Gasteiger charge is -2.33. The maximum atomic E-state index is 13.5. The summed E-state index contributed by atoms with van der Waals surface area (Å²) >= 11 is 0. The molecule has 4 atom stereocenters. The number of likely N-dealkylation sites (N-methyl/N-ethyl adjacent to an activating group) is 1. The minimum atomic E-state index is -5.16. The normalized spacial score (nSPS) is 24.2. The van der Waals surface area contributed by atoms with Crippen LogP contribution in [0.5, 0.6) is 0 Å². The summed E-state index contributed by atoms with van der Waals surface area (Å²) in [5, 5.41) is 4.16. The molecular weight excluding hydrogens is 445 g/mol. The first-order valence-corrected chi connectivity index (χ1v) is 10.3. The first-order valence-electron chi connectivity index (χ1n) is 10.3. The third-order valence-corrected chi connectivity index (χ3v) is 5.61. The van der Waals surface area contributed by atoms with Crippen LogP contribution >= 0.6 is 0 Å². The fraction of sp³-hybridized carbons (Fsp3) is 0.700. The molecule has 0 radical (unpaired) electrons. The minimum Gasteiger partial charge on any atom is -0.337 e. The summed E-state index contributed by atoms with van der Waals surface area (Å²) in [6, 6.07) is -2.65. The summed E-state index contributed by atoms with van der Waals surface area (Å²) in [6.07, 6.45) is -5.99. The molecule has 10 nitrogen and oxygen atoms in total. The molecule has 2 aliphatic heterocycles. The van der Waals surface area contributed by atoms with Crippen molar-refractivity contribution in [3.8, 4) is 0 Å². The van der Waals surface area contributed by atoms with E-state index in [1.165, 1.54) is 11.9 Å². The third-order valence-electron chi connectivity index (χ3n) is 5.61. The third kappa shape index (κ3) is 5.43. The average Bonchev–Trinajstić information content (AvgIpc) is 3.21. The van der Waals surface area contributed by atoms with Gasteiger partial charge in [-0.3, -0.25) is 33.9 Å². The Labute approximate surface area is 189 Å². The monoisotopic (exact) mass is 472 g/mol. The number of nitrogens with zero attached hydrogens (tertiary/aromatic N) is 4. The fourth-order valence-corrected chi connectivity index (χ4v) is 3.99. The van der Waals surface area contributed by atoms with Crippen molar-refractivity contribution in [2.45, 2.75) is 70.5 Å². The van der Waals surface area contributed by atoms with E-state index >= 15 is 0 Å². The van der Waals surface area contributed by atoms with Gasteiger partial charge in [-0.15, -0.1) is 0 Å². The number of amidine groups is 1. The Kier molecular flexibility index (Phi) is 7.40. The lowest BCUT2D eigenvalue weighted by atomic mass is 9.98. The van der Waals surface area contributed by atoms with Gasteiger partial charge >= 0.3 is 18.2 Å². The summed E-state index contributed by atoms with van der Waals surface area (Å²) in [5.41, 5.74) is -1.28. The SMILES string of the molecule is [C-]#[N+][C@@H]1C[C@]2(CN1C(=O)[C@H](CC(C)C)N(C)C(=O)[C@H](C)NC(=O)C(F)(F)F)N=C(C)NC2=O. The van der Waals surface area contributed by atoms with Gasteiger partial charge in [0.1, 0.15) is 17.9 Å². The topological polar surface area (TPSA) is 116 Å². The quantitative estimate of drug-likeness (QED) is 0.554. The molecule has 2 heterocycles. The number of hydrogen-bond donors (Lipinski definition) is 2. The molecule has 1 spiro atoms. The second-order valence-corrected chi connectivity index (χ2v) is 8.75. The molecule has 0 aliphatic carbocycles. The van der Waals surface area contributed by atoms with Crippen molar-refractivity contribution in [3.63, 3.8) is 0 Å². The lowest BCUT2D eigenvalue weighted by molar-refractivity contribution is -0.175. The largest absolute Gasteiger partial charge is 0.471 e. The number of carbonyl (C=O) groups is 4. The minimum absolute atomic E-state index is 0.00445. The van der Waals surface area contributed by atoms with E-state index in [9.17, 15) is 32.3 Å². The second kappa shape index (κ2) is 9.36. The number of nitrogens with one attached hydrogen (secondary N) is 2. The van der Waals surface area contributed by atoms with Gasteiger partial charge in [0.25, 0.3) is 11.8 Å². The van der Waals surface area contributed by atoms with Crippen molar-refractivity contribution in [3.05, 3.63) is 11.4 Å². The molecule has 13 heteroatoms. The number of carbonyl (C=O) groups excluding carboxylic acids is 4. The van der Waals surface area contributed by atoms with Crippen LogP contribution < -0.4 is 10.6 Å². The van der Waals surface area contributed by atoms with Crippen molar-refractivity contribution in [1.29, 1.82) is 0 Å². The Balaban J connectivity index is 2.27. The van der Waals surface area contributed by atoms with Crippen LogP contribution in [0.15, 0.2) is 4.99 Å². The smallest absolute Gasteiger partial charge is 0.337 e. The van der Waals surface area contributed by atoms with Crippen LogP contribution in [-0.4, -0.2) is 82.8 Å². The molecule has 0 aromatic rings. The van der Waals surface area contributed by atoms with Crippen LogP contribution in [-0.2, 0) is 19.2 Å². The van der Waals surface area contributed by atoms with E-state index in [4.69, 9.17) is 6.57 Å². The highest BCUT2D eigenvalue weighted by atomic mass is 19.4. The summed E-state index contributed by atoms with van der Waals surface area (Å²) in [6.45, 7) is 13.6. The van der Waals surface area contributed by atoms with Crippen LogP contribution in [0.2, 0.25) is 0 Å². The Morgan fingerprint density at radius 3 is 2.42 bits per heavy atom. The standard InChI is InChI=1S/C20H27F3N6O4/c1-10(2)7-13(28(6)15(30)11(3)25-18(33)20(21,22)23)16(31)29-9-19(8-14(29)24-5)17(32)26-12(4)27-19/h10-11,13-14H,7-9H2,1-4,6H3,(H,25,33)(H,26,27,32)/t11-,13-,14-,19+/m0/s1. The number of halogens is 3. The van der Waals surface area contributed by atoms with Crippen LogP contribution in [0.3, 0.4) is 0 Å². The molecule has 0 aromatic heterocycles. The summed E-state index contributed by atoms with van der Waals surface area (Å²) in [4.78, 5) is 59.8. The highest BCUT2D eigenvalue weighted by molar-refractivity contribution is 6.08. The lowest BCUT2D eigenvalue weighted by Crippen LogP contribution is -2.56. The molecule has 0 saturated carbocycles. The Morgan fingerprint density at radius 1 is 1.36 bits per heavy atom. The van der Waals surface area contributed by atoms with Crippen molar-refractivity contribution >= 4 is 29.5 Å². The fourth-order valence-electron chi connectivity index (χ4n) is 3.99. The first-order chi connectivity index (χ1) is 15.1. The zero-order valence-corrected chi connectivity index (χ0v) is 19.0. The molecular formula is C20H27F3N6O4. The zero-order valence-electron chi connectivity index (χ0n) is 19.0. The molecule has 0 unspecified atom stereocenters. The van der Waals surface area contributed by atoms with Gasteiger partial charge in [0, 0.05) is 7.05 Å². The van der Waals surface area contributed by atoms with E-state index in [-0.39, 0.29) is 25.3 Å². The highest BCUT2D eigenvalue weighted by Gasteiger charge is 2.57. The molecule has 2 N–H and O–H groups in total. The van der Waals surface area contributed by atoms with E-state index < -0.39 is 53.6 Å². The van der Waals surface area contributed by atoms with Crippen molar-refractivity contribution in [1.82, 2.24) is 20.4 Å². The van der Waals surface area contributed by atoms with Crippen LogP contribution in [0.1, 0.15) is 40.5 Å². The average molecular weight is 472 g/mol. The molecule has 4 amide bonds. The molecule has 1 saturated heterocycles. The second-order valence-electron chi connectivity index (χ2n) is 8.75. The number of aliphatic imine (C=N–C) groups is 1. The molecule has 2 aliphatic rings. The van der Waals surface area contributed by atoms with Crippen molar-refractivity contribution in [2.75, 3.05) is 13.6 Å². The zero-order chi connectivity index (χ0) is 25.3. The number of amides is 4. The predicted octanol–water partition coefficient (Wildman–Crippen LogP) is 0.691. The molecule has 0 aromatic carbocycles. The number of likely N-dealkylation sites (tertiary alicyclic amines) is 1. The Morgan fingerprint density at radius 2 is 1.97 bits per heavy atom. The highest BCUT2D eigenvalue weighted by Crippen LogP contribution is 2.35. The van der Waals surface area contributed by atoms with Gasteiger partial charge in [-0.05, 0) is 26.2 Å². The summed E-state index contributed by atoms with van der Waals surface area (Å²) in [7, 11) is 1.26. The maximum absolute atomic E-state index is 13.5.